The highest BCUT2D eigenvalue weighted by atomic mass is 32.2. The summed E-state index contributed by atoms with van der Waals surface area (Å²) in [6, 6.07) is 0. The Morgan fingerprint density at radius 3 is 2.23 bits per heavy atom. The van der Waals surface area contributed by atoms with Gasteiger partial charge >= 0.3 is 0 Å². The summed E-state index contributed by atoms with van der Waals surface area (Å²) in [4.78, 5) is 25.9. The Morgan fingerprint density at radius 1 is 1.12 bits per heavy atom. The summed E-state index contributed by atoms with van der Waals surface area (Å²) in [5.74, 6) is 3.86. The first-order chi connectivity index (χ1) is 12.5. The van der Waals surface area contributed by atoms with Crippen LogP contribution in [-0.4, -0.2) is 27.4 Å². The zero-order chi connectivity index (χ0) is 17.9. The van der Waals surface area contributed by atoms with Crippen LogP contribution in [0.4, 0.5) is 0 Å². The monoisotopic (exact) mass is 376 g/mol. The normalized spacial score (nSPS) is 47.0. The van der Waals surface area contributed by atoms with Crippen LogP contribution in [0.3, 0.4) is 0 Å². The van der Waals surface area contributed by atoms with Crippen molar-refractivity contribution in [2.75, 3.05) is 5.75 Å². The largest absolute Gasteiger partial charge is 0.273 e. The second kappa shape index (κ2) is 6.15. The zero-order valence-electron chi connectivity index (χ0n) is 16.0. The lowest BCUT2D eigenvalue weighted by Crippen LogP contribution is -2.61. The van der Waals surface area contributed by atoms with Crippen molar-refractivity contribution < 1.29 is 9.59 Å². The molecular weight excluding hydrogens is 344 g/mol. The fraction of sp³-hybridized carbons (Fsp3) is 0.905. The maximum absolute atomic E-state index is 13.4. The van der Waals surface area contributed by atoms with Gasteiger partial charge in [0, 0.05) is 0 Å². The fourth-order valence-electron chi connectivity index (χ4n) is 7.23. The first kappa shape index (κ1) is 17.4. The molecule has 1 spiro atoms. The van der Waals surface area contributed by atoms with Crippen molar-refractivity contribution >= 4 is 23.6 Å². The topological polar surface area (TPSA) is 49.4 Å². The molecule has 0 aromatic heterocycles. The van der Waals surface area contributed by atoms with E-state index in [9.17, 15) is 9.59 Å². The maximum Gasteiger partial charge on any atom is 0.252 e. The molecule has 0 radical (unpaired) electrons. The summed E-state index contributed by atoms with van der Waals surface area (Å²) in [5, 5.41) is 1.80. The first-order valence-corrected chi connectivity index (χ1v) is 11.8. The van der Waals surface area contributed by atoms with Crippen LogP contribution in [0.15, 0.2) is 0 Å². The standard InChI is InChI=1S/C21H32N2O2S/c1-2-14-3-5-21(6-4-14)23(18(24)13-26-21)22-19(25)20-10-15-7-16(11-20)9-17(8-15)12-20/h14-17H,2-13H2,1H3,(H,22,25). The van der Waals surface area contributed by atoms with E-state index in [0.29, 0.717) is 5.75 Å². The molecule has 26 heavy (non-hydrogen) atoms. The number of rotatable bonds is 3. The molecule has 2 amide bonds. The van der Waals surface area contributed by atoms with Crippen LogP contribution in [-0.2, 0) is 9.59 Å². The van der Waals surface area contributed by atoms with Gasteiger partial charge in [-0.25, -0.2) is 5.01 Å². The molecule has 4 nitrogen and oxygen atoms in total. The van der Waals surface area contributed by atoms with E-state index < -0.39 is 0 Å². The Bertz CT molecular complexity index is 576. The third kappa shape index (κ3) is 2.63. The molecule has 0 unspecified atom stereocenters. The molecule has 5 saturated carbocycles. The molecular formula is C21H32N2O2S. The summed E-state index contributed by atoms with van der Waals surface area (Å²) < 4.78 is 0. The summed E-state index contributed by atoms with van der Waals surface area (Å²) >= 11 is 1.78. The van der Waals surface area contributed by atoms with E-state index in [2.05, 4.69) is 12.3 Å². The minimum atomic E-state index is -0.176. The minimum Gasteiger partial charge on any atom is -0.273 e. The van der Waals surface area contributed by atoms with Crippen molar-refractivity contribution in [3.63, 3.8) is 0 Å². The van der Waals surface area contributed by atoms with E-state index in [1.54, 1.807) is 16.8 Å². The lowest BCUT2D eigenvalue weighted by molar-refractivity contribution is -0.158. The van der Waals surface area contributed by atoms with E-state index in [4.69, 9.17) is 0 Å². The molecule has 1 N–H and O–H groups in total. The molecule has 6 fully saturated rings. The molecule has 0 aromatic carbocycles. The van der Waals surface area contributed by atoms with Gasteiger partial charge in [0.15, 0.2) is 0 Å². The van der Waals surface area contributed by atoms with Crippen LogP contribution in [0, 0.1) is 29.1 Å². The lowest BCUT2D eigenvalue weighted by atomic mass is 9.49. The molecule has 1 heterocycles. The van der Waals surface area contributed by atoms with E-state index >= 15 is 0 Å². The quantitative estimate of drug-likeness (QED) is 0.806. The van der Waals surface area contributed by atoms with E-state index in [1.807, 2.05) is 0 Å². The number of hydrogen-bond donors (Lipinski definition) is 1. The zero-order valence-corrected chi connectivity index (χ0v) is 16.8. The van der Waals surface area contributed by atoms with Crippen molar-refractivity contribution in [1.82, 2.24) is 10.4 Å². The Labute approximate surface area is 161 Å². The highest BCUT2D eigenvalue weighted by molar-refractivity contribution is 8.01. The maximum atomic E-state index is 13.4. The van der Waals surface area contributed by atoms with Crippen LogP contribution >= 0.6 is 11.8 Å². The highest BCUT2D eigenvalue weighted by Gasteiger charge is 2.56. The molecule has 0 atom stereocenters. The smallest absolute Gasteiger partial charge is 0.252 e. The summed E-state index contributed by atoms with van der Waals surface area (Å²) in [6.07, 6.45) is 12.9. The summed E-state index contributed by atoms with van der Waals surface area (Å²) in [7, 11) is 0. The molecule has 144 valence electrons. The van der Waals surface area contributed by atoms with Crippen LogP contribution < -0.4 is 5.43 Å². The van der Waals surface area contributed by atoms with Gasteiger partial charge in [0.1, 0.15) is 4.87 Å². The Morgan fingerprint density at radius 2 is 1.69 bits per heavy atom. The molecule has 5 heteroatoms. The number of hydrazine groups is 1. The number of amides is 2. The van der Waals surface area contributed by atoms with E-state index in [0.717, 1.165) is 55.8 Å². The van der Waals surface area contributed by atoms with Gasteiger partial charge in [0.2, 0.25) is 5.91 Å². The van der Waals surface area contributed by atoms with Crippen molar-refractivity contribution in [2.45, 2.75) is 82.4 Å². The molecule has 1 aliphatic heterocycles. The van der Waals surface area contributed by atoms with E-state index in [1.165, 1.54) is 38.5 Å². The molecule has 5 aliphatic carbocycles. The average molecular weight is 377 g/mol. The number of thioether (sulfide) groups is 1. The minimum absolute atomic E-state index is 0.114. The van der Waals surface area contributed by atoms with Crippen LogP contribution in [0.5, 0.6) is 0 Å². The van der Waals surface area contributed by atoms with Crippen molar-refractivity contribution in [2.24, 2.45) is 29.1 Å². The third-order valence-electron chi connectivity index (χ3n) is 8.32. The molecule has 0 aromatic rings. The average Bonchev–Trinajstić information content (AvgIpc) is 2.91. The van der Waals surface area contributed by atoms with Gasteiger partial charge in [-0.1, -0.05) is 13.3 Å². The highest BCUT2D eigenvalue weighted by Crippen LogP contribution is 2.60. The Balaban J connectivity index is 1.33. The number of nitrogens with zero attached hydrogens (tertiary/aromatic N) is 1. The molecule has 6 rings (SSSR count). The van der Waals surface area contributed by atoms with Crippen LogP contribution in [0.1, 0.15) is 77.6 Å². The van der Waals surface area contributed by atoms with Gasteiger partial charge in [0.05, 0.1) is 11.2 Å². The van der Waals surface area contributed by atoms with Gasteiger partial charge in [0.25, 0.3) is 5.91 Å². The second-order valence-corrected chi connectivity index (χ2v) is 11.3. The van der Waals surface area contributed by atoms with Crippen LogP contribution in [0.2, 0.25) is 0 Å². The Hall–Kier alpha value is -0.710. The van der Waals surface area contributed by atoms with Gasteiger partial charge in [-0.05, 0) is 87.9 Å². The van der Waals surface area contributed by atoms with Crippen molar-refractivity contribution in [3.05, 3.63) is 0 Å². The van der Waals surface area contributed by atoms with Crippen molar-refractivity contribution in [3.8, 4) is 0 Å². The van der Waals surface area contributed by atoms with Crippen molar-refractivity contribution in [1.29, 1.82) is 0 Å². The van der Waals surface area contributed by atoms with Gasteiger partial charge < -0.3 is 0 Å². The molecule has 6 aliphatic rings. The number of nitrogens with one attached hydrogen (secondary N) is 1. The number of carbonyl (C=O) groups excluding carboxylic acids is 2. The van der Waals surface area contributed by atoms with Gasteiger partial charge in [-0.15, -0.1) is 11.8 Å². The second-order valence-electron chi connectivity index (χ2n) is 9.95. The predicted molar refractivity (Wildman–Crippen MR) is 103 cm³/mol. The summed E-state index contributed by atoms with van der Waals surface area (Å²) in [5.41, 5.74) is 3.03. The fourth-order valence-corrected chi connectivity index (χ4v) is 8.55. The predicted octanol–water partition coefficient (Wildman–Crippen LogP) is 4.11. The van der Waals surface area contributed by atoms with Gasteiger partial charge in [-0.2, -0.15) is 0 Å². The lowest BCUT2D eigenvalue weighted by Gasteiger charge is -2.56. The molecule has 4 bridgehead atoms. The summed E-state index contributed by atoms with van der Waals surface area (Å²) in [6.45, 7) is 2.27. The van der Waals surface area contributed by atoms with Gasteiger partial charge in [-0.3, -0.25) is 15.0 Å². The first-order valence-electron chi connectivity index (χ1n) is 10.8. The third-order valence-corrected chi connectivity index (χ3v) is 9.84. The Kier molecular flexibility index (Phi) is 4.11. The SMILES string of the molecule is CCC1CCC2(CC1)SCC(=O)N2NC(=O)C12CC3CC(CC(C3)C1)C2. The van der Waals surface area contributed by atoms with E-state index in [-0.39, 0.29) is 22.1 Å². The number of hydrogen-bond acceptors (Lipinski definition) is 3. The molecule has 1 saturated heterocycles. The van der Waals surface area contributed by atoms with Crippen LogP contribution in [0.25, 0.3) is 0 Å². The number of carbonyl (C=O) groups is 2.